The topological polar surface area (TPSA) is 79.7 Å². The molecule has 0 saturated carbocycles. The molecule has 0 spiro atoms. The van der Waals surface area contributed by atoms with Gasteiger partial charge in [-0.1, -0.05) is 13.0 Å². The van der Waals surface area contributed by atoms with Crippen molar-refractivity contribution in [1.82, 2.24) is 4.98 Å². The number of pyridine rings is 1. The highest BCUT2D eigenvalue weighted by Crippen LogP contribution is 2.27. The first kappa shape index (κ1) is 13.3. The van der Waals surface area contributed by atoms with Gasteiger partial charge >= 0.3 is 11.9 Å². The third-order valence-corrected chi connectivity index (χ3v) is 3.39. The van der Waals surface area contributed by atoms with Gasteiger partial charge in [0.05, 0.1) is 13.0 Å². The maximum atomic E-state index is 11.6. The SMILES string of the molecule is COC(=O)[C@@H]1CN(c2cccc(C(=O)O)n2)C[C@H]1C. The van der Waals surface area contributed by atoms with Crippen molar-refractivity contribution in [1.29, 1.82) is 0 Å². The maximum Gasteiger partial charge on any atom is 0.354 e. The normalized spacial score (nSPS) is 22.3. The van der Waals surface area contributed by atoms with Crippen LogP contribution in [-0.4, -0.2) is 42.2 Å². The number of hydrogen-bond donors (Lipinski definition) is 1. The van der Waals surface area contributed by atoms with Gasteiger partial charge < -0.3 is 14.7 Å². The van der Waals surface area contributed by atoms with Gasteiger partial charge in [0.25, 0.3) is 0 Å². The average molecular weight is 264 g/mol. The van der Waals surface area contributed by atoms with Crippen LogP contribution in [0.3, 0.4) is 0 Å². The highest BCUT2D eigenvalue weighted by molar-refractivity contribution is 5.85. The molecule has 1 aliphatic heterocycles. The Labute approximate surface area is 111 Å². The Balaban J connectivity index is 2.18. The first-order chi connectivity index (χ1) is 9.02. The van der Waals surface area contributed by atoms with Gasteiger partial charge in [0.1, 0.15) is 5.82 Å². The Morgan fingerprint density at radius 1 is 1.42 bits per heavy atom. The van der Waals surface area contributed by atoms with E-state index in [2.05, 4.69) is 4.98 Å². The van der Waals surface area contributed by atoms with Crippen molar-refractivity contribution >= 4 is 17.8 Å². The molecule has 0 bridgehead atoms. The van der Waals surface area contributed by atoms with Crippen molar-refractivity contribution in [3.63, 3.8) is 0 Å². The number of aromatic carboxylic acids is 1. The van der Waals surface area contributed by atoms with E-state index in [-0.39, 0.29) is 23.5 Å². The quantitative estimate of drug-likeness (QED) is 0.821. The molecule has 1 aliphatic rings. The molecule has 0 aromatic carbocycles. The smallest absolute Gasteiger partial charge is 0.354 e. The van der Waals surface area contributed by atoms with Crippen LogP contribution in [0, 0.1) is 11.8 Å². The maximum absolute atomic E-state index is 11.6. The fraction of sp³-hybridized carbons (Fsp3) is 0.462. The molecule has 2 heterocycles. The summed E-state index contributed by atoms with van der Waals surface area (Å²) in [5, 5.41) is 8.93. The third kappa shape index (κ3) is 2.67. The second-order valence-electron chi connectivity index (χ2n) is 4.70. The summed E-state index contributed by atoms with van der Waals surface area (Å²) in [6, 6.07) is 4.85. The van der Waals surface area contributed by atoms with Crippen molar-refractivity contribution in [3.8, 4) is 0 Å². The van der Waals surface area contributed by atoms with Gasteiger partial charge in [-0.25, -0.2) is 9.78 Å². The molecular formula is C13H16N2O4. The summed E-state index contributed by atoms with van der Waals surface area (Å²) in [4.78, 5) is 28.5. The molecule has 2 atom stereocenters. The minimum Gasteiger partial charge on any atom is -0.477 e. The number of carboxylic acids is 1. The number of methoxy groups -OCH3 is 1. The van der Waals surface area contributed by atoms with E-state index in [4.69, 9.17) is 9.84 Å². The third-order valence-electron chi connectivity index (χ3n) is 3.39. The molecule has 0 aliphatic carbocycles. The summed E-state index contributed by atoms with van der Waals surface area (Å²) < 4.78 is 4.77. The molecule has 1 fully saturated rings. The number of carbonyl (C=O) groups is 2. The van der Waals surface area contributed by atoms with Gasteiger partial charge in [0, 0.05) is 13.1 Å². The number of aromatic nitrogens is 1. The minimum absolute atomic E-state index is 0.00618. The van der Waals surface area contributed by atoms with Crippen LogP contribution in [0.5, 0.6) is 0 Å². The fourth-order valence-corrected chi connectivity index (χ4v) is 2.33. The number of carbonyl (C=O) groups excluding carboxylic acids is 1. The number of anilines is 1. The highest BCUT2D eigenvalue weighted by Gasteiger charge is 2.36. The van der Waals surface area contributed by atoms with Gasteiger partial charge in [0.2, 0.25) is 0 Å². The van der Waals surface area contributed by atoms with E-state index in [0.717, 1.165) is 0 Å². The van der Waals surface area contributed by atoms with E-state index in [1.165, 1.54) is 13.2 Å². The number of nitrogens with zero attached hydrogens (tertiary/aromatic N) is 2. The number of ether oxygens (including phenoxy) is 1. The van der Waals surface area contributed by atoms with Gasteiger partial charge in [-0.3, -0.25) is 4.79 Å². The predicted octanol–water partition coefficient (Wildman–Crippen LogP) is 1.03. The zero-order valence-electron chi connectivity index (χ0n) is 10.9. The molecule has 6 nitrogen and oxygen atoms in total. The zero-order valence-corrected chi connectivity index (χ0v) is 10.9. The second-order valence-corrected chi connectivity index (χ2v) is 4.70. The Kier molecular flexibility index (Phi) is 3.69. The average Bonchev–Trinajstić information content (AvgIpc) is 2.80. The van der Waals surface area contributed by atoms with Crippen molar-refractivity contribution in [2.45, 2.75) is 6.92 Å². The summed E-state index contributed by atoms with van der Waals surface area (Å²) >= 11 is 0. The van der Waals surface area contributed by atoms with E-state index < -0.39 is 5.97 Å². The van der Waals surface area contributed by atoms with Crippen molar-refractivity contribution in [2.75, 3.05) is 25.1 Å². The largest absolute Gasteiger partial charge is 0.477 e. The van der Waals surface area contributed by atoms with E-state index in [0.29, 0.717) is 18.9 Å². The van der Waals surface area contributed by atoms with Crippen LogP contribution in [-0.2, 0) is 9.53 Å². The van der Waals surface area contributed by atoms with Crippen molar-refractivity contribution < 1.29 is 19.4 Å². The van der Waals surface area contributed by atoms with Crippen LogP contribution in [0.15, 0.2) is 18.2 Å². The van der Waals surface area contributed by atoms with Crippen LogP contribution < -0.4 is 4.90 Å². The van der Waals surface area contributed by atoms with Crippen LogP contribution in [0.25, 0.3) is 0 Å². The van der Waals surface area contributed by atoms with E-state index in [1.54, 1.807) is 12.1 Å². The first-order valence-electron chi connectivity index (χ1n) is 6.06. The molecule has 0 amide bonds. The van der Waals surface area contributed by atoms with Crippen LogP contribution in [0.4, 0.5) is 5.82 Å². The molecule has 6 heteroatoms. The van der Waals surface area contributed by atoms with Gasteiger partial charge in [-0.05, 0) is 18.1 Å². The second kappa shape index (κ2) is 5.26. The monoisotopic (exact) mass is 264 g/mol. The van der Waals surface area contributed by atoms with Gasteiger partial charge in [0.15, 0.2) is 5.69 Å². The summed E-state index contributed by atoms with van der Waals surface area (Å²) in [5.74, 6) is -0.746. The van der Waals surface area contributed by atoms with Crippen molar-refractivity contribution in [2.24, 2.45) is 11.8 Å². The molecular weight excluding hydrogens is 248 g/mol. The number of esters is 1. The highest BCUT2D eigenvalue weighted by atomic mass is 16.5. The fourth-order valence-electron chi connectivity index (χ4n) is 2.33. The molecule has 1 N–H and O–H groups in total. The lowest BCUT2D eigenvalue weighted by Crippen LogP contribution is -2.25. The molecule has 0 unspecified atom stereocenters. The molecule has 19 heavy (non-hydrogen) atoms. The summed E-state index contributed by atoms with van der Waals surface area (Å²) in [6.45, 7) is 3.14. The Hall–Kier alpha value is -2.11. The Morgan fingerprint density at radius 2 is 2.16 bits per heavy atom. The standard InChI is InChI=1S/C13H16N2O4/c1-8-6-15(7-9(8)13(18)19-2)11-5-3-4-10(14-11)12(16)17/h3-5,8-9H,6-7H2,1-2H3,(H,16,17)/t8-,9-/m1/s1. The molecule has 1 saturated heterocycles. The lowest BCUT2D eigenvalue weighted by atomic mass is 9.99. The first-order valence-corrected chi connectivity index (χ1v) is 6.06. The van der Waals surface area contributed by atoms with Crippen LogP contribution in [0.2, 0.25) is 0 Å². The van der Waals surface area contributed by atoms with Crippen LogP contribution >= 0.6 is 0 Å². The summed E-state index contributed by atoms with van der Waals surface area (Å²) in [6.07, 6.45) is 0. The molecule has 1 aromatic heterocycles. The number of hydrogen-bond acceptors (Lipinski definition) is 5. The minimum atomic E-state index is -1.06. The number of carboxylic acid groups (broad SMARTS) is 1. The molecule has 2 rings (SSSR count). The van der Waals surface area contributed by atoms with E-state index in [9.17, 15) is 9.59 Å². The molecule has 1 aromatic rings. The van der Waals surface area contributed by atoms with E-state index in [1.807, 2.05) is 11.8 Å². The van der Waals surface area contributed by atoms with Gasteiger partial charge in [-0.15, -0.1) is 0 Å². The predicted molar refractivity (Wildman–Crippen MR) is 68.1 cm³/mol. The summed E-state index contributed by atoms with van der Waals surface area (Å²) in [5.41, 5.74) is 0.00618. The van der Waals surface area contributed by atoms with Crippen molar-refractivity contribution in [3.05, 3.63) is 23.9 Å². The molecule has 102 valence electrons. The number of rotatable bonds is 3. The Morgan fingerprint density at radius 3 is 2.79 bits per heavy atom. The Bertz CT molecular complexity index is 503. The van der Waals surface area contributed by atoms with Gasteiger partial charge in [-0.2, -0.15) is 0 Å². The lowest BCUT2D eigenvalue weighted by molar-refractivity contribution is -0.145. The molecule has 0 radical (unpaired) electrons. The zero-order chi connectivity index (χ0) is 14.0. The van der Waals surface area contributed by atoms with Crippen LogP contribution in [0.1, 0.15) is 17.4 Å². The van der Waals surface area contributed by atoms with E-state index >= 15 is 0 Å². The lowest BCUT2D eigenvalue weighted by Gasteiger charge is -2.17. The summed E-state index contributed by atoms with van der Waals surface area (Å²) in [7, 11) is 1.38.